The SMILES string of the molecule is Cc1cc(Oc2ccc(CN)cn2)cc(C)c1Cl. The molecule has 1 heterocycles. The minimum Gasteiger partial charge on any atom is -0.439 e. The van der Waals surface area contributed by atoms with Crippen LogP contribution in [0.3, 0.4) is 0 Å². The highest BCUT2D eigenvalue weighted by atomic mass is 35.5. The Bertz CT molecular complexity index is 529. The maximum Gasteiger partial charge on any atom is 0.219 e. The molecule has 2 rings (SSSR count). The van der Waals surface area contributed by atoms with E-state index in [9.17, 15) is 0 Å². The molecule has 0 radical (unpaired) electrons. The van der Waals surface area contributed by atoms with Gasteiger partial charge in [0, 0.05) is 23.8 Å². The Morgan fingerprint density at radius 3 is 2.39 bits per heavy atom. The van der Waals surface area contributed by atoms with Gasteiger partial charge in [-0.3, -0.25) is 0 Å². The minimum absolute atomic E-state index is 0.479. The zero-order valence-corrected chi connectivity index (χ0v) is 11.2. The third-order valence-electron chi connectivity index (χ3n) is 2.67. The van der Waals surface area contributed by atoms with Crippen molar-refractivity contribution in [3.63, 3.8) is 0 Å². The number of aryl methyl sites for hydroxylation is 2. The third-order valence-corrected chi connectivity index (χ3v) is 3.26. The van der Waals surface area contributed by atoms with Crippen LogP contribution in [0.25, 0.3) is 0 Å². The number of pyridine rings is 1. The second-order valence-electron chi connectivity index (χ2n) is 4.18. The van der Waals surface area contributed by atoms with Gasteiger partial charge in [-0.2, -0.15) is 0 Å². The van der Waals surface area contributed by atoms with E-state index in [1.807, 2.05) is 38.1 Å². The van der Waals surface area contributed by atoms with Crippen LogP contribution in [0.5, 0.6) is 11.6 Å². The fourth-order valence-electron chi connectivity index (χ4n) is 1.68. The Hall–Kier alpha value is -1.58. The number of nitrogens with two attached hydrogens (primary N) is 1. The summed E-state index contributed by atoms with van der Waals surface area (Å²) in [6.07, 6.45) is 1.71. The third kappa shape index (κ3) is 2.81. The van der Waals surface area contributed by atoms with E-state index in [0.717, 1.165) is 27.5 Å². The van der Waals surface area contributed by atoms with Gasteiger partial charge in [0.05, 0.1) is 0 Å². The van der Waals surface area contributed by atoms with Gasteiger partial charge in [0.2, 0.25) is 5.88 Å². The molecule has 2 aromatic rings. The summed E-state index contributed by atoms with van der Waals surface area (Å²) in [6.45, 7) is 4.38. The van der Waals surface area contributed by atoms with Crippen LogP contribution in [0.15, 0.2) is 30.5 Å². The number of ether oxygens (including phenoxy) is 1. The van der Waals surface area contributed by atoms with Gasteiger partial charge in [-0.1, -0.05) is 17.7 Å². The summed E-state index contributed by atoms with van der Waals surface area (Å²) in [5.74, 6) is 1.29. The first-order chi connectivity index (χ1) is 8.60. The van der Waals surface area contributed by atoms with E-state index in [2.05, 4.69) is 4.98 Å². The average molecular weight is 263 g/mol. The Labute approximate surface area is 112 Å². The molecule has 4 heteroatoms. The molecule has 3 nitrogen and oxygen atoms in total. The maximum atomic E-state index is 6.11. The smallest absolute Gasteiger partial charge is 0.219 e. The molecule has 94 valence electrons. The summed E-state index contributed by atoms with van der Waals surface area (Å²) in [6, 6.07) is 7.50. The number of hydrogen-bond donors (Lipinski definition) is 1. The van der Waals surface area contributed by atoms with Crippen LogP contribution >= 0.6 is 11.6 Å². The Kier molecular flexibility index (Phi) is 3.84. The summed E-state index contributed by atoms with van der Waals surface area (Å²) in [5, 5.41) is 0.772. The summed E-state index contributed by atoms with van der Waals surface area (Å²) in [7, 11) is 0. The van der Waals surface area contributed by atoms with Crippen LogP contribution in [0.2, 0.25) is 5.02 Å². The molecule has 0 bridgehead atoms. The second-order valence-corrected chi connectivity index (χ2v) is 4.56. The highest BCUT2D eigenvalue weighted by Crippen LogP contribution is 2.28. The van der Waals surface area contributed by atoms with Crippen molar-refractivity contribution in [3.05, 3.63) is 52.2 Å². The van der Waals surface area contributed by atoms with Gasteiger partial charge < -0.3 is 10.5 Å². The van der Waals surface area contributed by atoms with E-state index in [1.54, 1.807) is 6.20 Å². The van der Waals surface area contributed by atoms with Gasteiger partial charge in [-0.05, 0) is 42.7 Å². The van der Waals surface area contributed by atoms with Gasteiger partial charge in [0.15, 0.2) is 0 Å². The summed E-state index contributed by atoms with van der Waals surface area (Å²) in [4.78, 5) is 4.19. The molecule has 0 amide bonds. The van der Waals surface area contributed by atoms with Crippen molar-refractivity contribution in [3.8, 4) is 11.6 Å². The summed E-state index contributed by atoms with van der Waals surface area (Å²) >= 11 is 6.11. The molecule has 0 saturated heterocycles. The molecule has 0 fully saturated rings. The molecule has 1 aromatic heterocycles. The molecular formula is C14H15ClN2O. The average Bonchev–Trinajstić information content (AvgIpc) is 2.37. The van der Waals surface area contributed by atoms with E-state index >= 15 is 0 Å². The normalized spacial score (nSPS) is 10.4. The van der Waals surface area contributed by atoms with Crippen LogP contribution in [0, 0.1) is 13.8 Å². The monoisotopic (exact) mass is 262 g/mol. The zero-order valence-electron chi connectivity index (χ0n) is 10.4. The van der Waals surface area contributed by atoms with Gasteiger partial charge in [0.25, 0.3) is 0 Å². The number of halogens is 1. The molecule has 1 aromatic carbocycles. The van der Waals surface area contributed by atoms with Crippen LogP contribution in [0.4, 0.5) is 0 Å². The van der Waals surface area contributed by atoms with Gasteiger partial charge >= 0.3 is 0 Å². The lowest BCUT2D eigenvalue weighted by Gasteiger charge is -2.09. The summed E-state index contributed by atoms with van der Waals surface area (Å²) < 4.78 is 5.68. The van der Waals surface area contributed by atoms with Gasteiger partial charge in [-0.25, -0.2) is 4.98 Å². The van der Waals surface area contributed by atoms with E-state index < -0.39 is 0 Å². The number of aromatic nitrogens is 1. The highest BCUT2D eigenvalue weighted by Gasteiger charge is 2.05. The van der Waals surface area contributed by atoms with Crippen molar-refractivity contribution in [1.82, 2.24) is 4.98 Å². The molecule has 0 spiro atoms. The molecule has 0 unspecified atom stereocenters. The first-order valence-electron chi connectivity index (χ1n) is 5.69. The number of rotatable bonds is 3. The first-order valence-corrected chi connectivity index (χ1v) is 6.07. The van der Waals surface area contributed by atoms with Crippen molar-refractivity contribution in [2.24, 2.45) is 5.73 Å². The lowest BCUT2D eigenvalue weighted by molar-refractivity contribution is 0.462. The minimum atomic E-state index is 0.479. The van der Waals surface area contributed by atoms with Crippen molar-refractivity contribution in [2.75, 3.05) is 0 Å². The lowest BCUT2D eigenvalue weighted by atomic mass is 10.1. The fourth-order valence-corrected chi connectivity index (χ4v) is 1.79. The molecule has 0 aliphatic carbocycles. The molecule has 0 saturated carbocycles. The first kappa shape index (κ1) is 12.9. The Morgan fingerprint density at radius 2 is 1.89 bits per heavy atom. The van der Waals surface area contributed by atoms with Crippen molar-refractivity contribution in [1.29, 1.82) is 0 Å². The van der Waals surface area contributed by atoms with Crippen molar-refractivity contribution in [2.45, 2.75) is 20.4 Å². The highest BCUT2D eigenvalue weighted by molar-refractivity contribution is 6.32. The molecule has 0 aliphatic rings. The quantitative estimate of drug-likeness (QED) is 0.919. The topological polar surface area (TPSA) is 48.1 Å². The predicted octanol–water partition coefficient (Wildman–Crippen LogP) is 3.60. The lowest BCUT2D eigenvalue weighted by Crippen LogP contribution is -1.97. The van der Waals surface area contributed by atoms with Gasteiger partial charge in [-0.15, -0.1) is 0 Å². The molecule has 2 N–H and O–H groups in total. The van der Waals surface area contributed by atoms with E-state index in [4.69, 9.17) is 22.1 Å². The second kappa shape index (κ2) is 5.38. The summed E-state index contributed by atoms with van der Waals surface area (Å²) in [5.41, 5.74) is 8.47. The van der Waals surface area contributed by atoms with Crippen LogP contribution in [0.1, 0.15) is 16.7 Å². The van der Waals surface area contributed by atoms with Crippen LogP contribution in [-0.2, 0) is 6.54 Å². The van der Waals surface area contributed by atoms with Crippen LogP contribution < -0.4 is 10.5 Å². The molecule has 0 aliphatic heterocycles. The fraction of sp³-hybridized carbons (Fsp3) is 0.214. The number of benzene rings is 1. The van der Waals surface area contributed by atoms with Crippen molar-refractivity contribution < 1.29 is 4.74 Å². The maximum absolute atomic E-state index is 6.11. The largest absolute Gasteiger partial charge is 0.439 e. The van der Waals surface area contributed by atoms with Crippen LogP contribution in [-0.4, -0.2) is 4.98 Å². The van der Waals surface area contributed by atoms with E-state index in [1.165, 1.54) is 0 Å². The number of hydrogen-bond acceptors (Lipinski definition) is 3. The zero-order chi connectivity index (χ0) is 13.1. The van der Waals surface area contributed by atoms with E-state index in [-0.39, 0.29) is 0 Å². The standard InChI is InChI=1S/C14H15ClN2O/c1-9-5-12(6-10(2)14(9)15)18-13-4-3-11(7-16)8-17-13/h3-6,8H,7,16H2,1-2H3. The Balaban J connectivity index is 2.23. The predicted molar refractivity (Wildman–Crippen MR) is 73.1 cm³/mol. The van der Waals surface area contributed by atoms with Crippen molar-refractivity contribution >= 4 is 11.6 Å². The molecule has 0 atom stereocenters. The molecular weight excluding hydrogens is 248 g/mol. The Morgan fingerprint density at radius 1 is 1.22 bits per heavy atom. The van der Waals surface area contributed by atoms with Gasteiger partial charge in [0.1, 0.15) is 5.75 Å². The van der Waals surface area contributed by atoms with E-state index in [0.29, 0.717) is 12.4 Å². The number of nitrogens with zero attached hydrogens (tertiary/aromatic N) is 1. The molecule has 18 heavy (non-hydrogen) atoms.